The van der Waals surface area contributed by atoms with Crippen LogP contribution < -0.4 is 4.74 Å². The van der Waals surface area contributed by atoms with E-state index in [-0.39, 0.29) is 18.1 Å². The number of aromatic nitrogens is 2. The van der Waals surface area contributed by atoms with Crippen molar-refractivity contribution in [1.29, 1.82) is 0 Å². The van der Waals surface area contributed by atoms with Crippen LogP contribution >= 0.6 is 15.9 Å². The summed E-state index contributed by atoms with van der Waals surface area (Å²) in [5, 5.41) is 13.2. The summed E-state index contributed by atoms with van der Waals surface area (Å²) >= 11 is 3.42. The third-order valence-electron chi connectivity index (χ3n) is 2.71. The zero-order valence-electron chi connectivity index (χ0n) is 10.6. The SMILES string of the molecule is Cc1nn(C)c(OCc2ccccc2Br)c1C(=O)O. The summed E-state index contributed by atoms with van der Waals surface area (Å²) in [6.07, 6.45) is 0. The molecule has 1 aromatic heterocycles. The second-order valence-electron chi connectivity index (χ2n) is 4.07. The highest BCUT2D eigenvalue weighted by Crippen LogP contribution is 2.24. The average Bonchev–Trinajstić information content (AvgIpc) is 2.63. The molecule has 2 aromatic rings. The zero-order chi connectivity index (χ0) is 14.0. The molecule has 0 saturated heterocycles. The van der Waals surface area contributed by atoms with Crippen molar-refractivity contribution in [1.82, 2.24) is 9.78 Å². The Kier molecular flexibility index (Phi) is 3.90. The van der Waals surface area contributed by atoms with E-state index in [0.29, 0.717) is 5.69 Å². The molecule has 5 nitrogen and oxygen atoms in total. The van der Waals surface area contributed by atoms with Crippen LogP contribution in [0, 0.1) is 6.92 Å². The number of ether oxygens (including phenoxy) is 1. The molecule has 0 spiro atoms. The molecule has 0 aliphatic carbocycles. The number of hydrogen-bond acceptors (Lipinski definition) is 3. The van der Waals surface area contributed by atoms with Gasteiger partial charge in [0.2, 0.25) is 5.88 Å². The summed E-state index contributed by atoms with van der Waals surface area (Å²) in [4.78, 5) is 11.2. The van der Waals surface area contributed by atoms with Crippen LogP contribution in [0.2, 0.25) is 0 Å². The van der Waals surface area contributed by atoms with Crippen LogP contribution in [0.5, 0.6) is 5.88 Å². The first-order valence-electron chi connectivity index (χ1n) is 5.63. The first kappa shape index (κ1) is 13.6. The number of halogens is 1. The molecule has 0 amide bonds. The van der Waals surface area contributed by atoms with Gasteiger partial charge in [-0.15, -0.1) is 0 Å². The van der Waals surface area contributed by atoms with Gasteiger partial charge < -0.3 is 9.84 Å². The summed E-state index contributed by atoms with van der Waals surface area (Å²) in [5.41, 5.74) is 1.49. The lowest BCUT2D eigenvalue weighted by atomic mass is 10.2. The number of carbonyl (C=O) groups is 1. The van der Waals surface area contributed by atoms with E-state index in [9.17, 15) is 4.79 Å². The molecule has 0 radical (unpaired) electrons. The summed E-state index contributed by atoms with van der Waals surface area (Å²) in [6, 6.07) is 7.62. The number of aromatic carboxylic acids is 1. The molecule has 19 heavy (non-hydrogen) atoms. The van der Waals surface area contributed by atoms with Crippen LogP contribution in [0.3, 0.4) is 0 Å². The number of carboxylic acids is 1. The van der Waals surface area contributed by atoms with Gasteiger partial charge in [0.15, 0.2) is 0 Å². The van der Waals surface area contributed by atoms with Gasteiger partial charge in [-0.05, 0) is 13.0 Å². The predicted octanol–water partition coefficient (Wildman–Crippen LogP) is 2.77. The van der Waals surface area contributed by atoms with Crippen LogP contribution in [-0.2, 0) is 13.7 Å². The van der Waals surface area contributed by atoms with E-state index in [4.69, 9.17) is 9.84 Å². The highest BCUT2D eigenvalue weighted by molar-refractivity contribution is 9.10. The van der Waals surface area contributed by atoms with Gasteiger partial charge in [0.25, 0.3) is 0 Å². The molecule has 1 heterocycles. The first-order valence-corrected chi connectivity index (χ1v) is 6.43. The number of rotatable bonds is 4. The van der Waals surface area contributed by atoms with Gasteiger partial charge in [-0.2, -0.15) is 5.10 Å². The fourth-order valence-electron chi connectivity index (χ4n) is 1.81. The molecular formula is C13H13BrN2O3. The normalized spacial score (nSPS) is 10.5. The molecule has 0 atom stereocenters. The Morgan fingerprint density at radius 1 is 1.47 bits per heavy atom. The molecule has 0 bridgehead atoms. The van der Waals surface area contributed by atoms with E-state index >= 15 is 0 Å². The minimum absolute atomic E-state index is 0.106. The second-order valence-corrected chi connectivity index (χ2v) is 4.93. The van der Waals surface area contributed by atoms with E-state index in [0.717, 1.165) is 10.0 Å². The average molecular weight is 325 g/mol. The van der Waals surface area contributed by atoms with Gasteiger partial charge in [-0.3, -0.25) is 0 Å². The van der Waals surface area contributed by atoms with Gasteiger partial charge in [-0.1, -0.05) is 34.1 Å². The van der Waals surface area contributed by atoms with Crippen molar-refractivity contribution in [3.05, 3.63) is 45.6 Å². The van der Waals surface area contributed by atoms with Gasteiger partial charge in [0.05, 0.1) is 5.69 Å². The Morgan fingerprint density at radius 3 is 2.79 bits per heavy atom. The van der Waals surface area contributed by atoms with Gasteiger partial charge in [0, 0.05) is 17.1 Å². The van der Waals surface area contributed by atoms with Crippen LogP contribution in [0.15, 0.2) is 28.7 Å². The number of aryl methyl sites for hydroxylation is 2. The fourth-order valence-corrected chi connectivity index (χ4v) is 2.21. The number of hydrogen-bond donors (Lipinski definition) is 1. The molecule has 100 valence electrons. The number of carboxylic acid groups (broad SMARTS) is 1. The molecule has 0 aliphatic heterocycles. The third-order valence-corrected chi connectivity index (χ3v) is 3.48. The van der Waals surface area contributed by atoms with E-state index < -0.39 is 5.97 Å². The van der Waals surface area contributed by atoms with E-state index in [1.54, 1.807) is 14.0 Å². The highest BCUT2D eigenvalue weighted by atomic mass is 79.9. The van der Waals surface area contributed by atoms with Crippen LogP contribution in [0.25, 0.3) is 0 Å². The Bertz CT molecular complexity index is 622. The number of benzene rings is 1. The van der Waals surface area contributed by atoms with Gasteiger partial charge >= 0.3 is 5.97 Å². The topological polar surface area (TPSA) is 64.4 Å². The van der Waals surface area contributed by atoms with E-state index in [1.807, 2.05) is 24.3 Å². The molecular weight excluding hydrogens is 312 g/mol. The van der Waals surface area contributed by atoms with Crippen molar-refractivity contribution >= 4 is 21.9 Å². The van der Waals surface area contributed by atoms with E-state index in [2.05, 4.69) is 21.0 Å². The van der Waals surface area contributed by atoms with Crippen molar-refractivity contribution in [2.45, 2.75) is 13.5 Å². The van der Waals surface area contributed by atoms with Crippen molar-refractivity contribution in [3.8, 4) is 5.88 Å². The van der Waals surface area contributed by atoms with Crippen LogP contribution in [0.4, 0.5) is 0 Å². The zero-order valence-corrected chi connectivity index (χ0v) is 12.1. The van der Waals surface area contributed by atoms with Crippen molar-refractivity contribution in [2.24, 2.45) is 7.05 Å². The maximum absolute atomic E-state index is 11.2. The van der Waals surface area contributed by atoms with Gasteiger partial charge in [-0.25, -0.2) is 9.48 Å². The molecule has 0 unspecified atom stereocenters. The summed E-state index contributed by atoms with van der Waals surface area (Å²) in [6.45, 7) is 1.93. The largest absolute Gasteiger partial charge is 0.477 e. The minimum atomic E-state index is -1.03. The Hall–Kier alpha value is -1.82. The molecule has 0 aliphatic rings. The second kappa shape index (κ2) is 5.44. The number of nitrogens with zero attached hydrogens (tertiary/aromatic N) is 2. The molecule has 1 aromatic carbocycles. The first-order chi connectivity index (χ1) is 9.00. The quantitative estimate of drug-likeness (QED) is 0.939. The third kappa shape index (κ3) is 2.78. The fraction of sp³-hybridized carbons (Fsp3) is 0.231. The van der Waals surface area contributed by atoms with Gasteiger partial charge in [0.1, 0.15) is 12.2 Å². The van der Waals surface area contributed by atoms with E-state index in [1.165, 1.54) is 4.68 Å². The highest BCUT2D eigenvalue weighted by Gasteiger charge is 2.21. The Balaban J connectivity index is 2.25. The van der Waals surface area contributed by atoms with Crippen LogP contribution in [-0.4, -0.2) is 20.9 Å². The van der Waals surface area contributed by atoms with Crippen molar-refractivity contribution in [2.75, 3.05) is 0 Å². The Morgan fingerprint density at radius 2 is 2.16 bits per heavy atom. The molecule has 0 saturated carbocycles. The lowest BCUT2D eigenvalue weighted by Gasteiger charge is -2.08. The maximum Gasteiger partial charge on any atom is 0.343 e. The minimum Gasteiger partial charge on any atom is -0.477 e. The summed E-state index contributed by atoms with van der Waals surface area (Å²) in [7, 11) is 1.66. The molecule has 6 heteroatoms. The maximum atomic E-state index is 11.2. The molecule has 1 N–H and O–H groups in total. The monoisotopic (exact) mass is 324 g/mol. The lowest BCUT2D eigenvalue weighted by molar-refractivity contribution is 0.0690. The molecule has 0 fully saturated rings. The predicted molar refractivity (Wildman–Crippen MR) is 73.4 cm³/mol. The van der Waals surface area contributed by atoms with Crippen molar-refractivity contribution in [3.63, 3.8) is 0 Å². The Labute approximate surface area is 118 Å². The standard InChI is InChI=1S/C13H13BrN2O3/c1-8-11(13(17)18)12(16(2)15-8)19-7-9-5-3-4-6-10(9)14/h3-6H,7H2,1-2H3,(H,17,18). The van der Waals surface area contributed by atoms with Crippen LogP contribution in [0.1, 0.15) is 21.6 Å². The van der Waals surface area contributed by atoms with Crippen molar-refractivity contribution < 1.29 is 14.6 Å². The molecule has 2 rings (SSSR count). The summed E-state index contributed by atoms with van der Waals surface area (Å²) < 4.78 is 7.97. The smallest absolute Gasteiger partial charge is 0.343 e. The lowest BCUT2D eigenvalue weighted by Crippen LogP contribution is -2.06. The summed E-state index contributed by atoms with van der Waals surface area (Å²) in [5.74, 6) is -0.770.